The molecule has 1 fully saturated rings. The van der Waals surface area contributed by atoms with E-state index >= 15 is 0 Å². The number of hydrogen-bond acceptors (Lipinski definition) is 2. The Kier molecular flexibility index (Phi) is 5.66. The SMILES string of the molecule is CC(C)CNC(=O)C1CCCN1C(=O)Nc1ccc(Cl)cc1. The average molecular weight is 324 g/mol. The Morgan fingerprint density at radius 2 is 2.00 bits per heavy atom. The number of rotatable bonds is 4. The normalized spacial score (nSPS) is 17.6. The number of carbonyl (C=O) groups is 2. The number of benzene rings is 1. The highest BCUT2D eigenvalue weighted by molar-refractivity contribution is 6.30. The Labute approximate surface area is 136 Å². The van der Waals surface area contributed by atoms with Crippen LogP contribution in [0.3, 0.4) is 0 Å². The lowest BCUT2D eigenvalue weighted by Crippen LogP contribution is -2.48. The molecular weight excluding hydrogens is 302 g/mol. The van der Waals surface area contributed by atoms with Gasteiger partial charge in [0, 0.05) is 23.8 Å². The van der Waals surface area contributed by atoms with Gasteiger partial charge in [-0.15, -0.1) is 0 Å². The summed E-state index contributed by atoms with van der Waals surface area (Å²) in [6.07, 6.45) is 1.55. The molecule has 1 unspecified atom stereocenters. The van der Waals surface area contributed by atoms with E-state index in [-0.39, 0.29) is 18.0 Å². The van der Waals surface area contributed by atoms with Gasteiger partial charge in [-0.3, -0.25) is 4.79 Å². The van der Waals surface area contributed by atoms with Crippen LogP contribution < -0.4 is 10.6 Å². The van der Waals surface area contributed by atoms with Crippen LogP contribution in [0.1, 0.15) is 26.7 Å². The fourth-order valence-electron chi connectivity index (χ4n) is 2.43. The molecule has 0 saturated carbocycles. The van der Waals surface area contributed by atoms with Gasteiger partial charge in [0.25, 0.3) is 0 Å². The molecule has 0 aromatic heterocycles. The number of nitrogens with zero attached hydrogens (tertiary/aromatic N) is 1. The topological polar surface area (TPSA) is 61.4 Å². The van der Waals surface area contributed by atoms with Crippen LogP contribution in [0.4, 0.5) is 10.5 Å². The maximum absolute atomic E-state index is 12.4. The highest BCUT2D eigenvalue weighted by Crippen LogP contribution is 2.20. The Bertz CT molecular complexity index is 531. The number of halogens is 1. The Hall–Kier alpha value is -1.75. The summed E-state index contributed by atoms with van der Waals surface area (Å²) in [7, 11) is 0. The second-order valence-electron chi connectivity index (χ2n) is 5.93. The minimum Gasteiger partial charge on any atom is -0.354 e. The molecule has 0 aliphatic carbocycles. The molecular formula is C16H22ClN3O2. The van der Waals surface area contributed by atoms with Gasteiger partial charge in [0.15, 0.2) is 0 Å². The lowest BCUT2D eigenvalue weighted by atomic mass is 10.2. The third-order valence-electron chi connectivity index (χ3n) is 3.60. The second-order valence-corrected chi connectivity index (χ2v) is 6.36. The highest BCUT2D eigenvalue weighted by atomic mass is 35.5. The van der Waals surface area contributed by atoms with Gasteiger partial charge in [-0.2, -0.15) is 0 Å². The third kappa shape index (κ3) is 4.37. The van der Waals surface area contributed by atoms with Crippen molar-refractivity contribution >= 4 is 29.2 Å². The van der Waals surface area contributed by atoms with Gasteiger partial charge in [0.2, 0.25) is 5.91 Å². The van der Waals surface area contributed by atoms with Crippen LogP contribution in [-0.4, -0.2) is 36.0 Å². The first-order chi connectivity index (χ1) is 10.5. The summed E-state index contributed by atoms with van der Waals surface area (Å²) in [5.41, 5.74) is 0.669. The van der Waals surface area contributed by atoms with Crippen LogP contribution >= 0.6 is 11.6 Å². The molecule has 0 bridgehead atoms. The fraction of sp³-hybridized carbons (Fsp3) is 0.500. The van der Waals surface area contributed by atoms with Crippen LogP contribution in [0, 0.1) is 5.92 Å². The molecule has 1 atom stereocenters. The standard InChI is InChI=1S/C16H22ClN3O2/c1-11(2)10-18-15(21)14-4-3-9-20(14)16(22)19-13-7-5-12(17)6-8-13/h5-8,11,14H,3-4,9-10H2,1-2H3,(H,18,21)(H,19,22). The second kappa shape index (κ2) is 7.49. The van der Waals surface area contributed by atoms with Gasteiger partial charge in [-0.05, 0) is 43.0 Å². The molecule has 1 aliphatic rings. The maximum atomic E-state index is 12.4. The molecule has 5 nitrogen and oxygen atoms in total. The number of hydrogen-bond donors (Lipinski definition) is 2. The maximum Gasteiger partial charge on any atom is 0.322 e. The van der Waals surface area contributed by atoms with Crippen LogP contribution in [0.2, 0.25) is 5.02 Å². The number of urea groups is 1. The van der Waals surface area contributed by atoms with E-state index in [9.17, 15) is 9.59 Å². The first-order valence-electron chi connectivity index (χ1n) is 7.58. The summed E-state index contributed by atoms with van der Waals surface area (Å²) in [4.78, 5) is 26.2. The molecule has 6 heteroatoms. The minimum absolute atomic E-state index is 0.0718. The first kappa shape index (κ1) is 16.6. The molecule has 0 spiro atoms. The van der Waals surface area contributed by atoms with Crippen molar-refractivity contribution in [2.75, 3.05) is 18.4 Å². The van der Waals surface area contributed by atoms with Gasteiger partial charge in [-0.25, -0.2) is 4.79 Å². The van der Waals surface area contributed by atoms with Crippen molar-refractivity contribution in [2.45, 2.75) is 32.7 Å². The zero-order valence-electron chi connectivity index (χ0n) is 12.9. The molecule has 2 N–H and O–H groups in total. The lowest BCUT2D eigenvalue weighted by molar-refractivity contribution is -0.124. The van der Waals surface area contributed by atoms with E-state index in [1.165, 1.54) is 0 Å². The summed E-state index contributed by atoms with van der Waals surface area (Å²) in [5, 5.41) is 6.33. The summed E-state index contributed by atoms with van der Waals surface area (Å²) in [6.45, 7) is 5.31. The summed E-state index contributed by atoms with van der Waals surface area (Å²) in [5.74, 6) is 0.319. The molecule has 1 aromatic carbocycles. The number of nitrogens with one attached hydrogen (secondary N) is 2. The average Bonchev–Trinajstić information content (AvgIpc) is 2.96. The van der Waals surface area contributed by atoms with Crippen molar-refractivity contribution in [3.63, 3.8) is 0 Å². The van der Waals surface area contributed by atoms with Crippen molar-refractivity contribution in [1.29, 1.82) is 0 Å². The van der Waals surface area contributed by atoms with Crippen LogP contribution in [0.15, 0.2) is 24.3 Å². The Morgan fingerprint density at radius 3 is 2.64 bits per heavy atom. The van der Waals surface area contributed by atoms with Gasteiger partial charge in [0.1, 0.15) is 6.04 Å². The number of carbonyl (C=O) groups excluding carboxylic acids is 2. The molecule has 3 amide bonds. The number of likely N-dealkylation sites (tertiary alicyclic amines) is 1. The number of amides is 3. The quantitative estimate of drug-likeness (QED) is 0.894. The van der Waals surface area contributed by atoms with E-state index in [1.807, 2.05) is 13.8 Å². The Balaban J connectivity index is 1.95. The highest BCUT2D eigenvalue weighted by Gasteiger charge is 2.34. The molecule has 1 heterocycles. The first-order valence-corrected chi connectivity index (χ1v) is 7.96. The fourth-order valence-corrected chi connectivity index (χ4v) is 2.56. The van der Waals surface area contributed by atoms with E-state index in [4.69, 9.17) is 11.6 Å². The van der Waals surface area contributed by atoms with Gasteiger partial charge in [-0.1, -0.05) is 25.4 Å². The van der Waals surface area contributed by atoms with Crippen LogP contribution in [0.5, 0.6) is 0 Å². The third-order valence-corrected chi connectivity index (χ3v) is 3.85. The van der Waals surface area contributed by atoms with Crippen LogP contribution in [-0.2, 0) is 4.79 Å². The zero-order chi connectivity index (χ0) is 16.1. The molecule has 2 rings (SSSR count). The summed E-state index contributed by atoms with van der Waals surface area (Å²) < 4.78 is 0. The predicted molar refractivity (Wildman–Crippen MR) is 88.0 cm³/mol. The molecule has 1 saturated heterocycles. The van der Waals surface area contributed by atoms with Crippen LogP contribution in [0.25, 0.3) is 0 Å². The van der Waals surface area contributed by atoms with E-state index in [0.29, 0.717) is 36.1 Å². The largest absolute Gasteiger partial charge is 0.354 e. The van der Waals surface area contributed by atoms with Gasteiger partial charge in [0.05, 0.1) is 0 Å². The summed E-state index contributed by atoms with van der Waals surface area (Å²) >= 11 is 5.82. The van der Waals surface area contributed by atoms with E-state index in [2.05, 4.69) is 10.6 Å². The molecule has 22 heavy (non-hydrogen) atoms. The van der Waals surface area contributed by atoms with Crippen molar-refractivity contribution in [3.05, 3.63) is 29.3 Å². The van der Waals surface area contributed by atoms with E-state index < -0.39 is 0 Å². The van der Waals surface area contributed by atoms with E-state index in [0.717, 1.165) is 6.42 Å². The zero-order valence-corrected chi connectivity index (χ0v) is 13.7. The molecule has 1 aromatic rings. The van der Waals surface area contributed by atoms with Crippen molar-refractivity contribution < 1.29 is 9.59 Å². The summed E-state index contributed by atoms with van der Waals surface area (Å²) in [6, 6.07) is 6.28. The van der Waals surface area contributed by atoms with Gasteiger partial charge >= 0.3 is 6.03 Å². The van der Waals surface area contributed by atoms with Crippen molar-refractivity contribution in [3.8, 4) is 0 Å². The smallest absolute Gasteiger partial charge is 0.322 e. The van der Waals surface area contributed by atoms with Gasteiger partial charge < -0.3 is 15.5 Å². The van der Waals surface area contributed by atoms with E-state index in [1.54, 1.807) is 29.2 Å². The minimum atomic E-state index is -0.383. The Morgan fingerprint density at radius 1 is 1.32 bits per heavy atom. The lowest BCUT2D eigenvalue weighted by Gasteiger charge is -2.24. The number of anilines is 1. The van der Waals surface area contributed by atoms with Crippen molar-refractivity contribution in [1.82, 2.24) is 10.2 Å². The van der Waals surface area contributed by atoms with Crippen molar-refractivity contribution in [2.24, 2.45) is 5.92 Å². The predicted octanol–water partition coefficient (Wildman–Crippen LogP) is 3.11. The molecule has 0 radical (unpaired) electrons. The monoisotopic (exact) mass is 323 g/mol. The molecule has 120 valence electrons. The molecule has 1 aliphatic heterocycles.